The second kappa shape index (κ2) is 8.19. The van der Waals surface area contributed by atoms with E-state index < -0.39 is 10.0 Å². The highest BCUT2D eigenvalue weighted by Gasteiger charge is 2.14. The maximum absolute atomic E-state index is 11.9. The minimum Gasteiger partial charge on any atom is -0.320 e. The fourth-order valence-electron chi connectivity index (χ4n) is 1.24. The first-order valence-electron chi connectivity index (χ1n) is 5.06. The molecule has 0 aliphatic rings. The van der Waals surface area contributed by atoms with Crippen LogP contribution in [0, 0.1) is 0 Å². The van der Waals surface area contributed by atoms with Crippen LogP contribution in [0.5, 0.6) is 0 Å². The van der Waals surface area contributed by atoms with Crippen LogP contribution in [0.3, 0.4) is 0 Å². The van der Waals surface area contributed by atoms with Gasteiger partial charge in [-0.1, -0.05) is 23.2 Å². The Balaban J connectivity index is 0.00000289. The van der Waals surface area contributed by atoms with Crippen molar-refractivity contribution in [2.24, 2.45) is 0 Å². The van der Waals surface area contributed by atoms with Gasteiger partial charge in [0.1, 0.15) is 0 Å². The molecule has 0 bridgehead atoms. The number of hydrogen-bond acceptors (Lipinski definition) is 3. The molecule has 0 aliphatic carbocycles. The minimum atomic E-state index is -3.53. The zero-order valence-electron chi connectivity index (χ0n) is 9.74. The predicted octanol–water partition coefficient (Wildman–Crippen LogP) is 2.30. The molecular weight excluding hydrogens is 319 g/mol. The molecule has 4 nitrogen and oxygen atoms in total. The lowest BCUT2D eigenvalue weighted by atomic mass is 10.4. The van der Waals surface area contributed by atoms with E-state index in [9.17, 15) is 8.42 Å². The molecule has 0 radical (unpaired) electrons. The molecular formula is C10H15Cl3N2O2S. The van der Waals surface area contributed by atoms with E-state index in [0.717, 1.165) is 6.54 Å². The molecule has 18 heavy (non-hydrogen) atoms. The average molecular weight is 334 g/mol. The zero-order valence-corrected chi connectivity index (χ0v) is 12.9. The third-order valence-corrected chi connectivity index (χ3v) is 3.92. The van der Waals surface area contributed by atoms with Gasteiger partial charge in [-0.2, -0.15) is 0 Å². The maximum Gasteiger partial charge on any atom is 0.240 e. The van der Waals surface area contributed by atoms with Crippen molar-refractivity contribution < 1.29 is 8.42 Å². The van der Waals surface area contributed by atoms with E-state index in [1.807, 2.05) is 7.05 Å². The van der Waals surface area contributed by atoms with Crippen molar-refractivity contribution in [3.8, 4) is 0 Å². The van der Waals surface area contributed by atoms with Gasteiger partial charge in [0, 0.05) is 16.6 Å². The Kier molecular flexibility index (Phi) is 8.18. The number of nitrogens with one attached hydrogen (secondary N) is 2. The standard InChI is InChI=1S/C10H14Cl2N2O2S.ClH/c1-13-3-2-4-14-17(15,16)10-6-8(11)5-9(12)7-10;/h5-7,13-14H,2-4H2,1H3;1H. The lowest BCUT2D eigenvalue weighted by Crippen LogP contribution is -2.26. The number of benzene rings is 1. The Labute approximate surface area is 124 Å². The third-order valence-electron chi connectivity index (χ3n) is 2.04. The van der Waals surface area contributed by atoms with Gasteiger partial charge in [0.2, 0.25) is 10.0 Å². The summed E-state index contributed by atoms with van der Waals surface area (Å²) in [6.07, 6.45) is 0.712. The van der Waals surface area contributed by atoms with Gasteiger partial charge in [0.05, 0.1) is 4.90 Å². The SMILES string of the molecule is CNCCCNS(=O)(=O)c1cc(Cl)cc(Cl)c1.Cl. The van der Waals surface area contributed by atoms with Gasteiger partial charge in [-0.05, 0) is 38.2 Å². The number of hydrogen-bond donors (Lipinski definition) is 2. The van der Waals surface area contributed by atoms with Gasteiger partial charge >= 0.3 is 0 Å². The van der Waals surface area contributed by atoms with Gasteiger partial charge in [-0.25, -0.2) is 13.1 Å². The van der Waals surface area contributed by atoms with E-state index in [1.54, 1.807) is 0 Å². The summed E-state index contributed by atoms with van der Waals surface area (Å²) < 4.78 is 26.2. The topological polar surface area (TPSA) is 58.2 Å². The Morgan fingerprint density at radius 1 is 1.11 bits per heavy atom. The predicted molar refractivity (Wildman–Crippen MR) is 77.4 cm³/mol. The smallest absolute Gasteiger partial charge is 0.240 e. The summed E-state index contributed by atoms with van der Waals surface area (Å²) in [6, 6.07) is 4.23. The summed E-state index contributed by atoms with van der Waals surface area (Å²) >= 11 is 11.5. The van der Waals surface area contributed by atoms with E-state index in [-0.39, 0.29) is 17.3 Å². The van der Waals surface area contributed by atoms with Gasteiger partial charge in [0.15, 0.2) is 0 Å². The maximum atomic E-state index is 11.9. The summed E-state index contributed by atoms with van der Waals surface area (Å²) in [6.45, 7) is 1.12. The molecule has 1 aromatic rings. The van der Waals surface area contributed by atoms with E-state index >= 15 is 0 Å². The van der Waals surface area contributed by atoms with Crippen molar-refractivity contribution in [1.82, 2.24) is 10.0 Å². The highest BCUT2D eigenvalue weighted by molar-refractivity contribution is 7.89. The van der Waals surface area contributed by atoms with Crippen LogP contribution in [0.1, 0.15) is 6.42 Å². The molecule has 104 valence electrons. The van der Waals surface area contributed by atoms with Crippen LogP contribution in [-0.2, 0) is 10.0 Å². The number of sulfonamides is 1. The molecule has 0 aliphatic heterocycles. The van der Waals surface area contributed by atoms with Crippen molar-refractivity contribution in [3.05, 3.63) is 28.2 Å². The van der Waals surface area contributed by atoms with Crippen LogP contribution >= 0.6 is 35.6 Å². The van der Waals surface area contributed by atoms with Gasteiger partial charge in [0.25, 0.3) is 0 Å². The number of rotatable bonds is 6. The Morgan fingerprint density at radius 2 is 1.67 bits per heavy atom. The molecule has 0 amide bonds. The summed E-state index contributed by atoms with van der Waals surface area (Å²) in [4.78, 5) is 0.0828. The van der Waals surface area contributed by atoms with Crippen molar-refractivity contribution in [3.63, 3.8) is 0 Å². The molecule has 0 heterocycles. The monoisotopic (exact) mass is 332 g/mol. The zero-order chi connectivity index (χ0) is 12.9. The van der Waals surface area contributed by atoms with Crippen LogP contribution in [0.2, 0.25) is 10.0 Å². The summed E-state index contributed by atoms with van der Waals surface area (Å²) in [5, 5.41) is 3.53. The summed E-state index contributed by atoms with van der Waals surface area (Å²) in [5.74, 6) is 0. The molecule has 1 aromatic carbocycles. The molecule has 0 saturated carbocycles. The first kappa shape index (κ1) is 18.0. The lowest BCUT2D eigenvalue weighted by Gasteiger charge is -2.07. The fourth-order valence-corrected chi connectivity index (χ4v) is 3.04. The van der Waals surface area contributed by atoms with Crippen molar-refractivity contribution >= 4 is 45.6 Å². The highest BCUT2D eigenvalue weighted by atomic mass is 35.5. The molecule has 1 rings (SSSR count). The quantitative estimate of drug-likeness (QED) is 0.785. The second-order valence-corrected chi connectivity index (χ2v) is 6.10. The minimum absolute atomic E-state index is 0. The molecule has 8 heteroatoms. The second-order valence-electron chi connectivity index (χ2n) is 3.46. The van der Waals surface area contributed by atoms with Crippen molar-refractivity contribution in [1.29, 1.82) is 0 Å². The summed E-state index contributed by atoms with van der Waals surface area (Å²) in [5.41, 5.74) is 0. The van der Waals surface area contributed by atoms with Gasteiger partial charge in [-0.15, -0.1) is 12.4 Å². The molecule has 0 spiro atoms. The molecule has 0 aromatic heterocycles. The fraction of sp³-hybridized carbons (Fsp3) is 0.400. The van der Waals surface area contributed by atoms with Crippen LogP contribution in [0.15, 0.2) is 23.1 Å². The lowest BCUT2D eigenvalue weighted by molar-refractivity contribution is 0.577. The molecule has 0 saturated heterocycles. The Morgan fingerprint density at radius 3 is 2.17 bits per heavy atom. The van der Waals surface area contributed by atoms with E-state index in [1.165, 1.54) is 18.2 Å². The van der Waals surface area contributed by atoms with E-state index in [4.69, 9.17) is 23.2 Å². The first-order chi connectivity index (χ1) is 7.95. The first-order valence-corrected chi connectivity index (χ1v) is 7.30. The van der Waals surface area contributed by atoms with Crippen molar-refractivity contribution in [2.45, 2.75) is 11.3 Å². The van der Waals surface area contributed by atoms with Crippen LogP contribution < -0.4 is 10.0 Å². The third kappa shape index (κ3) is 5.73. The van der Waals surface area contributed by atoms with Crippen LogP contribution in [0.4, 0.5) is 0 Å². The summed E-state index contributed by atoms with van der Waals surface area (Å²) in [7, 11) is -1.72. The molecule has 0 unspecified atom stereocenters. The average Bonchev–Trinajstić information content (AvgIpc) is 2.23. The molecule has 0 fully saturated rings. The van der Waals surface area contributed by atoms with E-state index in [0.29, 0.717) is 23.0 Å². The van der Waals surface area contributed by atoms with Gasteiger partial charge < -0.3 is 5.32 Å². The van der Waals surface area contributed by atoms with E-state index in [2.05, 4.69) is 10.0 Å². The normalized spacial score (nSPS) is 11.1. The molecule has 0 atom stereocenters. The van der Waals surface area contributed by atoms with Gasteiger partial charge in [-0.3, -0.25) is 0 Å². The van der Waals surface area contributed by atoms with Crippen molar-refractivity contribution in [2.75, 3.05) is 20.1 Å². The number of halogens is 3. The van der Waals surface area contributed by atoms with Crippen LogP contribution in [-0.4, -0.2) is 28.6 Å². The largest absolute Gasteiger partial charge is 0.320 e. The van der Waals surface area contributed by atoms with Crippen LogP contribution in [0.25, 0.3) is 0 Å². The Hall–Kier alpha value is -0.0400. The highest BCUT2D eigenvalue weighted by Crippen LogP contribution is 2.21. The molecule has 2 N–H and O–H groups in total. The Bertz CT molecular complexity index is 460.